The average Bonchev–Trinajstić information content (AvgIpc) is 2.73. The van der Waals surface area contributed by atoms with Gasteiger partial charge in [-0.15, -0.1) is 25.3 Å². The van der Waals surface area contributed by atoms with E-state index in [1.54, 1.807) is 11.8 Å². The Hall–Kier alpha value is -2.47. The lowest BCUT2D eigenvalue weighted by Crippen LogP contribution is -1.90. The molecule has 0 heterocycles. The standard InChI is InChI=1S/C24H20N2S3/c25-19-13-15(9-11-21(19)27)17-5-1-3-7-23(17)29-24-8-4-2-6-18(24)16-10-12-22(28)20(26)14-16/h1-14,27-28H,25-26H2. The second kappa shape index (κ2) is 8.49. The van der Waals surface area contributed by atoms with E-state index in [2.05, 4.69) is 73.8 Å². The van der Waals surface area contributed by atoms with Gasteiger partial charge >= 0.3 is 0 Å². The summed E-state index contributed by atoms with van der Waals surface area (Å²) in [6.45, 7) is 0. The summed E-state index contributed by atoms with van der Waals surface area (Å²) < 4.78 is 0. The Morgan fingerprint density at radius 3 is 1.38 bits per heavy atom. The van der Waals surface area contributed by atoms with E-state index in [1.807, 2.05) is 36.4 Å². The van der Waals surface area contributed by atoms with Crippen LogP contribution in [-0.4, -0.2) is 0 Å². The van der Waals surface area contributed by atoms with Crippen molar-refractivity contribution in [3.63, 3.8) is 0 Å². The quantitative estimate of drug-likeness (QED) is 0.209. The molecule has 0 radical (unpaired) electrons. The molecule has 0 bridgehead atoms. The molecular weight excluding hydrogens is 412 g/mol. The first-order chi connectivity index (χ1) is 14.0. The Balaban J connectivity index is 1.76. The summed E-state index contributed by atoms with van der Waals surface area (Å²) in [6.07, 6.45) is 0. The highest BCUT2D eigenvalue weighted by Crippen LogP contribution is 2.41. The van der Waals surface area contributed by atoms with Crippen LogP contribution in [0.4, 0.5) is 11.4 Å². The third-order valence-electron chi connectivity index (χ3n) is 4.67. The van der Waals surface area contributed by atoms with Crippen molar-refractivity contribution >= 4 is 48.4 Å². The zero-order valence-electron chi connectivity index (χ0n) is 15.5. The molecule has 0 amide bonds. The first-order valence-corrected chi connectivity index (χ1v) is 10.8. The highest BCUT2D eigenvalue weighted by atomic mass is 32.2. The summed E-state index contributed by atoms with van der Waals surface area (Å²) in [5.41, 5.74) is 17.9. The normalized spacial score (nSPS) is 10.8. The summed E-state index contributed by atoms with van der Waals surface area (Å²) in [4.78, 5) is 3.89. The molecule has 0 fully saturated rings. The van der Waals surface area contributed by atoms with E-state index < -0.39 is 0 Å². The van der Waals surface area contributed by atoms with E-state index in [4.69, 9.17) is 11.5 Å². The third-order valence-corrected chi connectivity index (χ3v) is 6.64. The summed E-state index contributed by atoms with van der Waals surface area (Å²) >= 11 is 10.5. The van der Waals surface area contributed by atoms with Gasteiger partial charge in [-0.2, -0.15) is 0 Å². The molecule has 0 saturated carbocycles. The fourth-order valence-electron chi connectivity index (χ4n) is 3.15. The van der Waals surface area contributed by atoms with Gasteiger partial charge in [0.15, 0.2) is 0 Å². The van der Waals surface area contributed by atoms with Crippen LogP contribution in [0, 0.1) is 0 Å². The smallest absolute Gasteiger partial charge is 0.0455 e. The van der Waals surface area contributed by atoms with Gasteiger partial charge in [0.25, 0.3) is 0 Å². The molecule has 0 spiro atoms. The van der Waals surface area contributed by atoms with Gasteiger partial charge in [-0.05, 0) is 58.7 Å². The largest absolute Gasteiger partial charge is 0.398 e. The van der Waals surface area contributed by atoms with E-state index >= 15 is 0 Å². The molecule has 144 valence electrons. The average molecular weight is 433 g/mol. The van der Waals surface area contributed by atoms with Crippen LogP contribution in [0.5, 0.6) is 0 Å². The van der Waals surface area contributed by atoms with Crippen molar-refractivity contribution in [2.45, 2.75) is 19.6 Å². The predicted octanol–water partition coefficient (Wildman–Crippen LogP) is 6.91. The molecule has 4 N–H and O–H groups in total. The van der Waals surface area contributed by atoms with E-state index in [0.717, 1.165) is 41.8 Å². The van der Waals surface area contributed by atoms with E-state index in [9.17, 15) is 0 Å². The second-order valence-electron chi connectivity index (χ2n) is 6.64. The third kappa shape index (κ3) is 4.27. The van der Waals surface area contributed by atoms with E-state index in [1.165, 1.54) is 0 Å². The monoisotopic (exact) mass is 432 g/mol. The second-order valence-corrected chi connectivity index (χ2v) is 8.69. The SMILES string of the molecule is Nc1cc(-c2ccccc2Sc2ccccc2-c2ccc(S)c(N)c2)ccc1S. The van der Waals surface area contributed by atoms with Crippen molar-refractivity contribution < 1.29 is 0 Å². The molecule has 29 heavy (non-hydrogen) atoms. The number of hydrogen-bond donors (Lipinski definition) is 4. The molecule has 4 aromatic carbocycles. The molecule has 5 heteroatoms. The maximum Gasteiger partial charge on any atom is 0.0455 e. The number of hydrogen-bond acceptors (Lipinski definition) is 5. The number of nitrogens with two attached hydrogens (primary N) is 2. The number of nitrogen functional groups attached to an aromatic ring is 2. The Labute approximate surface area is 186 Å². The van der Waals surface area contributed by atoms with Crippen LogP contribution in [0.25, 0.3) is 22.3 Å². The first kappa shape index (κ1) is 19.8. The molecule has 0 aromatic heterocycles. The minimum absolute atomic E-state index is 0.674. The van der Waals surface area contributed by atoms with Crippen LogP contribution in [0.2, 0.25) is 0 Å². The van der Waals surface area contributed by atoms with Crippen LogP contribution in [0.3, 0.4) is 0 Å². The van der Waals surface area contributed by atoms with Crippen molar-refractivity contribution in [2.24, 2.45) is 0 Å². The fourth-order valence-corrected chi connectivity index (χ4v) is 4.55. The lowest BCUT2D eigenvalue weighted by atomic mass is 10.0. The van der Waals surface area contributed by atoms with Gasteiger partial charge in [-0.1, -0.05) is 60.3 Å². The zero-order chi connectivity index (χ0) is 20.4. The zero-order valence-corrected chi connectivity index (χ0v) is 18.1. The lowest BCUT2D eigenvalue weighted by Gasteiger charge is -2.14. The van der Waals surface area contributed by atoms with Gasteiger partial charge < -0.3 is 11.5 Å². The predicted molar refractivity (Wildman–Crippen MR) is 131 cm³/mol. The summed E-state index contributed by atoms with van der Waals surface area (Å²) in [5, 5.41) is 0. The summed E-state index contributed by atoms with van der Waals surface area (Å²) in [6, 6.07) is 28.6. The van der Waals surface area contributed by atoms with Gasteiger partial charge in [0.05, 0.1) is 0 Å². The first-order valence-electron chi connectivity index (χ1n) is 9.06. The summed E-state index contributed by atoms with van der Waals surface area (Å²) in [7, 11) is 0. The van der Waals surface area contributed by atoms with Crippen molar-refractivity contribution in [1.82, 2.24) is 0 Å². The van der Waals surface area contributed by atoms with Gasteiger partial charge in [-0.3, -0.25) is 0 Å². The highest BCUT2D eigenvalue weighted by Gasteiger charge is 2.12. The van der Waals surface area contributed by atoms with Gasteiger partial charge in [0.2, 0.25) is 0 Å². The van der Waals surface area contributed by atoms with Crippen molar-refractivity contribution in [1.29, 1.82) is 0 Å². The molecule has 0 saturated heterocycles. The maximum absolute atomic E-state index is 6.09. The number of rotatable bonds is 4. The molecule has 0 aliphatic carbocycles. The van der Waals surface area contributed by atoms with Crippen molar-refractivity contribution in [3.8, 4) is 22.3 Å². The molecule has 2 nitrogen and oxygen atoms in total. The fraction of sp³-hybridized carbons (Fsp3) is 0. The molecular formula is C24H20N2S3. The number of benzene rings is 4. The molecule has 4 rings (SSSR count). The van der Waals surface area contributed by atoms with Crippen LogP contribution in [-0.2, 0) is 0 Å². The Kier molecular flexibility index (Phi) is 5.81. The number of thiol groups is 2. The number of anilines is 2. The van der Waals surface area contributed by atoms with Gasteiger partial charge in [-0.25, -0.2) is 0 Å². The minimum atomic E-state index is 0.674. The topological polar surface area (TPSA) is 52.0 Å². The Bertz CT molecular complexity index is 1100. The van der Waals surface area contributed by atoms with Crippen LogP contribution >= 0.6 is 37.0 Å². The van der Waals surface area contributed by atoms with Crippen LogP contribution < -0.4 is 11.5 Å². The van der Waals surface area contributed by atoms with Crippen molar-refractivity contribution in [2.75, 3.05) is 11.5 Å². The van der Waals surface area contributed by atoms with Gasteiger partial charge in [0.1, 0.15) is 0 Å². The van der Waals surface area contributed by atoms with Gasteiger partial charge in [0, 0.05) is 31.0 Å². The lowest BCUT2D eigenvalue weighted by molar-refractivity contribution is 1.38. The molecule has 4 aromatic rings. The highest BCUT2D eigenvalue weighted by molar-refractivity contribution is 7.99. The van der Waals surface area contributed by atoms with Crippen LogP contribution in [0.15, 0.2) is 105 Å². The Morgan fingerprint density at radius 1 is 0.552 bits per heavy atom. The molecule has 0 aliphatic rings. The summed E-state index contributed by atoms with van der Waals surface area (Å²) in [5.74, 6) is 0. The van der Waals surface area contributed by atoms with E-state index in [-0.39, 0.29) is 0 Å². The van der Waals surface area contributed by atoms with Crippen molar-refractivity contribution in [3.05, 3.63) is 84.9 Å². The van der Waals surface area contributed by atoms with Crippen LogP contribution in [0.1, 0.15) is 0 Å². The molecule has 0 aliphatic heterocycles. The molecule has 0 unspecified atom stereocenters. The van der Waals surface area contributed by atoms with E-state index in [0.29, 0.717) is 11.4 Å². The minimum Gasteiger partial charge on any atom is -0.398 e. The maximum atomic E-state index is 6.09. The Morgan fingerprint density at radius 2 is 0.966 bits per heavy atom. The molecule has 0 atom stereocenters.